The molecule has 120 valence electrons. The molecule has 0 bridgehead atoms. The summed E-state index contributed by atoms with van der Waals surface area (Å²) in [5.41, 5.74) is 1.73. The number of aryl methyl sites for hydroxylation is 1. The molecule has 1 aromatic rings. The minimum absolute atomic E-state index is 0.0975. The summed E-state index contributed by atoms with van der Waals surface area (Å²) >= 11 is 0. The Morgan fingerprint density at radius 3 is 2.73 bits per heavy atom. The molecule has 4 nitrogen and oxygen atoms in total. The van der Waals surface area contributed by atoms with E-state index >= 15 is 0 Å². The van der Waals surface area contributed by atoms with E-state index < -0.39 is 0 Å². The van der Waals surface area contributed by atoms with Crippen LogP contribution in [0.5, 0.6) is 0 Å². The van der Waals surface area contributed by atoms with Gasteiger partial charge in [0, 0.05) is 37.1 Å². The summed E-state index contributed by atoms with van der Waals surface area (Å²) in [5.74, 6) is 0.0975. The lowest BCUT2D eigenvalue weighted by Crippen LogP contribution is -2.62. The number of rotatable bonds is 3. The van der Waals surface area contributed by atoms with Crippen LogP contribution in [0.15, 0.2) is 24.3 Å². The standard InChI is InChI=1S/C18H25NO3/c1-3-22-16-12-15(20)18(16)7-9-19(10-8-18)17(21)14-6-4-5-13(2)11-14/h4-6,11,15-16,20H,3,7-10,12H2,1-2H3/t15-,16+/m0/s1. The van der Waals surface area contributed by atoms with Gasteiger partial charge >= 0.3 is 0 Å². The summed E-state index contributed by atoms with van der Waals surface area (Å²) in [6, 6.07) is 7.74. The molecule has 1 amide bonds. The Hall–Kier alpha value is -1.39. The first-order chi connectivity index (χ1) is 10.6. The van der Waals surface area contributed by atoms with E-state index in [-0.39, 0.29) is 23.5 Å². The number of amides is 1. The van der Waals surface area contributed by atoms with E-state index in [2.05, 4.69) is 0 Å². The number of likely N-dealkylation sites (tertiary alicyclic amines) is 1. The number of piperidine rings is 1. The van der Waals surface area contributed by atoms with Gasteiger partial charge in [0.2, 0.25) is 0 Å². The number of hydrogen-bond donors (Lipinski definition) is 1. The fourth-order valence-corrected chi connectivity index (χ4v) is 3.90. The van der Waals surface area contributed by atoms with Crippen molar-refractivity contribution in [2.24, 2.45) is 5.41 Å². The van der Waals surface area contributed by atoms with E-state index in [9.17, 15) is 9.90 Å². The monoisotopic (exact) mass is 303 g/mol. The molecule has 0 unspecified atom stereocenters. The van der Waals surface area contributed by atoms with Crippen LogP contribution in [0.25, 0.3) is 0 Å². The molecule has 1 aliphatic heterocycles. The van der Waals surface area contributed by atoms with Gasteiger partial charge in [0.15, 0.2) is 0 Å². The van der Waals surface area contributed by atoms with Crippen molar-refractivity contribution in [3.8, 4) is 0 Å². The summed E-state index contributed by atoms with van der Waals surface area (Å²) < 4.78 is 5.77. The van der Waals surface area contributed by atoms with E-state index in [1.54, 1.807) is 0 Å². The average Bonchev–Trinajstić information content (AvgIpc) is 2.54. The highest BCUT2D eigenvalue weighted by molar-refractivity contribution is 5.94. The molecule has 22 heavy (non-hydrogen) atoms. The zero-order valence-electron chi connectivity index (χ0n) is 13.4. The van der Waals surface area contributed by atoms with Crippen LogP contribution in [0.1, 0.15) is 42.1 Å². The second kappa shape index (κ2) is 6.01. The molecule has 4 heteroatoms. The Bertz CT molecular complexity index is 547. The van der Waals surface area contributed by atoms with Crippen LogP contribution in [0, 0.1) is 12.3 Å². The molecule has 1 heterocycles. The average molecular weight is 303 g/mol. The van der Waals surface area contributed by atoms with Gasteiger partial charge in [0.25, 0.3) is 5.91 Å². The van der Waals surface area contributed by atoms with Gasteiger partial charge < -0.3 is 14.7 Å². The maximum Gasteiger partial charge on any atom is 0.253 e. The predicted molar refractivity (Wildman–Crippen MR) is 84.8 cm³/mol. The first kappa shape index (κ1) is 15.5. The van der Waals surface area contributed by atoms with Crippen LogP contribution >= 0.6 is 0 Å². The van der Waals surface area contributed by atoms with Crippen LogP contribution in [0.2, 0.25) is 0 Å². The minimum Gasteiger partial charge on any atom is -0.392 e. The van der Waals surface area contributed by atoms with Crippen LogP contribution in [-0.2, 0) is 4.74 Å². The van der Waals surface area contributed by atoms with Gasteiger partial charge in [-0.2, -0.15) is 0 Å². The normalized spacial score (nSPS) is 26.8. The summed E-state index contributed by atoms with van der Waals surface area (Å²) in [7, 11) is 0. The molecule has 2 fully saturated rings. The highest BCUT2D eigenvalue weighted by atomic mass is 16.5. The van der Waals surface area contributed by atoms with Crippen molar-refractivity contribution in [3.05, 3.63) is 35.4 Å². The Kier molecular flexibility index (Phi) is 4.24. The van der Waals surface area contributed by atoms with Crippen molar-refractivity contribution < 1.29 is 14.6 Å². The third-order valence-electron chi connectivity index (χ3n) is 5.36. The van der Waals surface area contributed by atoms with E-state index in [1.165, 1.54) is 0 Å². The van der Waals surface area contributed by atoms with E-state index in [1.807, 2.05) is 43.0 Å². The van der Waals surface area contributed by atoms with E-state index in [0.29, 0.717) is 19.7 Å². The maximum atomic E-state index is 12.6. The number of aliphatic hydroxyl groups is 1. The Balaban J connectivity index is 1.65. The number of carbonyl (C=O) groups excluding carboxylic acids is 1. The van der Waals surface area contributed by atoms with Gasteiger partial charge in [-0.05, 0) is 38.8 Å². The van der Waals surface area contributed by atoms with E-state index in [0.717, 1.165) is 30.4 Å². The van der Waals surface area contributed by atoms with Crippen molar-refractivity contribution in [2.75, 3.05) is 19.7 Å². The Morgan fingerprint density at radius 2 is 2.14 bits per heavy atom. The topological polar surface area (TPSA) is 49.8 Å². The molecule has 3 rings (SSSR count). The Morgan fingerprint density at radius 1 is 1.41 bits per heavy atom. The van der Waals surface area contributed by atoms with Gasteiger partial charge in [-0.3, -0.25) is 4.79 Å². The largest absolute Gasteiger partial charge is 0.392 e. The zero-order valence-corrected chi connectivity index (χ0v) is 13.4. The molecule has 2 aliphatic rings. The first-order valence-electron chi connectivity index (χ1n) is 8.22. The highest BCUT2D eigenvalue weighted by Gasteiger charge is 2.56. The van der Waals surface area contributed by atoms with Gasteiger partial charge in [-0.1, -0.05) is 17.7 Å². The maximum absolute atomic E-state index is 12.6. The quantitative estimate of drug-likeness (QED) is 0.933. The SMILES string of the molecule is CCO[C@@H]1C[C@H](O)C12CCN(C(=O)c1cccc(C)c1)CC2. The summed E-state index contributed by atoms with van der Waals surface area (Å²) in [4.78, 5) is 14.5. The van der Waals surface area contributed by atoms with Crippen LogP contribution in [0.4, 0.5) is 0 Å². The van der Waals surface area contributed by atoms with Gasteiger partial charge in [-0.15, -0.1) is 0 Å². The minimum atomic E-state index is -0.278. The fourth-order valence-electron chi connectivity index (χ4n) is 3.90. The van der Waals surface area contributed by atoms with Crippen molar-refractivity contribution in [2.45, 2.75) is 45.3 Å². The van der Waals surface area contributed by atoms with Gasteiger partial charge in [-0.25, -0.2) is 0 Å². The molecular weight excluding hydrogens is 278 g/mol. The van der Waals surface area contributed by atoms with Crippen LogP contribution in [0.3, 0.4) is 0 Å². The van der Waals surface area contributed by atoms with Gasteiger partial charge in [0.1, 0.15) is 0 Å². The van der Waals surface area contributed by atoms with E-state index in [4.69, 9.17) is 4.74 Å². The molecule has 1 spiro atoms. The predicted octanol–water partition coefficient (Wildman–Crippen LogP) is 2.39. The third-order valence-corrected chi connectivity index (χ3v) is 5.36. The molecule has 0 aromatic heterocycles. The number of aliphatic hydroxyl groups excluding tert-OH is 1. The fraction of sp³-hybridized carbons (Fsp3) is 0.611. The summed E-state index contributed by atoms with van der Waals surface area (Å²) in [5, 5.41) is 10.2. The second-order valence-corrected chi connectivity index (χ2v) is 6.59. The smallest absolute Gasteiger partial charge is 0.253 e. The lowest BCUT2D eigenvalue weighted by atomic mass is 9.58. The lowest BCUT2D eigenvalue weighted by Gasteiger charge is -2.56. The van der Waals surface area contributed by atoms with Crippen molar-refractivity contribution in [1.82, 2.24) is 4.90 Å². The lowest BCUT2D eigenvalue weighted by molar-refractivity contribution is -0.207. The molecule has 0 radical (unpaired) electrons. The number of benzene rings is 1. The van der Waals surface area contributed by atoms with Crippen molar-refractivity contribution in [1.29, 1.82) is 0 Å². The molecule has 2 atom stereocenters. The summed E-state index contributed by atoms with van der Waals surface area (Å²) in [6.07, 6.45) is 2.27. The number of carbonyl (C=O) groups is 1. The number of hydrogen-bond acceptors (Lipinski definition) is 3. The zero-order chi connectivity index (χ0) is 15.7. The first-order valence-corrected chi connectivity index (χ1v) is 8.22. The highest BCUT2D eigenvalue weighted by Crippen LogP contribution is 2.51. The molecule has 1 N–H and O–H groups in total. The number of nitrogens with zero attached hydrogens (tertiary/aromatic N) is 1. The van der Waals surface area contributed by atoms with Crippen LogP contribution < -0.4 is 0 Å². The van der Waals surface area contributed by atoms with Crippen molar-refractivity contribution >= 4 is 5.91 Å². The third kappa shape index (κ3) is 2.55. The second-order valence-electron chi connectivity index (χ2n) is 6.59. The molecule has 1 aromatic carbocycles. The van der Waals surface area contributed by atoms with Crippen molar-refractivity contribution in [3.63, 3.8) is 0 Å². The number of ether oxygens (including phenoxy) is 1. The molecule has 1 aliphatic carbocycles. The molecule has 1 saturated heterocycles. The summed E-state index contributed by atoms with van der Waals surface area (Å²) in [6.45, 7) is 6.08. The van der Waals surface area contributed by atoms with Gasteiger partial charge in [0.05, 0.1) is 12.2 Å². The molecule has 1 saturated carbocycles. The Labute approximate surface area is 132 Å². The molecular formula is C18H25NO3. The van der Waals surface area contributed by atoms with Crippen LogP contribution in [-0.4, -0.2) is 47.8 Å².